The molecule has 1 heterocycles. The van der Waals surface area contributed by atoms with Crippen LogP contribution in [-0.2, 0) is 0 Å². The Morgan fingerprint density at radius 1 is 1.39 bits per heavy atom. The SMILES string of the molecule is CC(C)(C)S/N=C/c1ccc2c(c1)ncn2SF. The summed E-state index contributed by atoms with van der Waals surface area (Å²) >= 11 is 1.67. The zero-order valence-electron chi connectivity index (χ0n) is 10.4. The summed E-state index contributed by atoms with van der Waals surface area (Å²) in [7, 11) is 0. The highest BCUT2D eigenvalue weighted by Crippen LogP contribution is 2.24. The van der Waals surface area contributed by atoms with Gasteiger partial charge in [-0.3, -0.25) is 0 Å². The molecule has 3 nitrogen and oxygen atoms in total. The lowest BCUT2D eigenvalue weighted by Crippen LogP contribution is -2.04. The van der Waals surface area contributed by atoms with Crippen LogP contribution in [0.1, 0.15) is 26.3 Å². The summed E-state index contributed by atoms with van der Waals surface area (Å²) in [4.78, 5) is 4.14. The number of hydrogen-bond acceptors (Lipinski definition) is 4. The highest BCUT2D eigenvalue weighted by Gasteiger charge is 2.09. The van der Waals surface area contributed by atoms with Crippen LogP contribution in [-0.4, -0.2) is 19.9 Å². The van der Waals surface area contributed by atoms with Gasteiger partial charge >= 0.3 is 0 Å². The van der Waals surface area contributed by atoms with Gasteiger partial charge in [0.2, 0.25) is 0 Å². The van der Waals surface area contributed by atoms with Gasteiger partial charge in [-0.15, -0.1) is 3.89 Å². The maximum absolute atomic E-state index is 12.5. The van der Waals surface area contributed by atoms with E-state index in [-0.39, 0.29) is 17.1 Å². The van der Waals surface area contributed by atoms with E-state index in [9.17, 15) is 3.89 Å². The minimum absolute atomic E-state index is 0.104. The van der Waals surface area contributed by atoms with Crippen molar-refractivity contribution < 1.29 is 3.89 Å². The van der Waals surface area contributed by atoms with Gasteiger partial charge < -0.3 is 0 Å². The fourth-order valence-electron chi connectivity index (χ4n) is 1.39. The molecule has 0 unspecified atom stereocenters. The van der Waals surface area contributed by atoms with Crippen molar-refractivity contribution in [2.75, 3.05) is 0 Å². The highest BCUT2D eigenvalue weighted by atomic mass is 32.2. The van der Waals surface area contributed by atoms with Crippen LogP contribution >= 0.6 is 24.3 Å². The molecule has 2 rings (SSSR count). The Balaban J connectivity index is 2.20. The Morgan fingerprint density at radius 3 is 2.83 bits per heavy atom. The van der Waals surface area contributed by atoms with E-state index in [0.29, 0.717) is 0 Å². The standard InChI is InChI=1S/C12H14FN3S2/c1-12(2,3)17-15-7-9-4-5-11-10(6-9)14-8-16(11)18-13/h4-8H,1-3H3/b15-7+. The molecule has 0 bridgehead atoms. The first kappa shape index (κ1) is 13.4. The maximum atomic E-state index is 12.5. The Kier molecular flexibility index (Phi) is 3.97. The number of rotatable bonds is 3. The lowest BCUT2D eigenvalue weighted by atomic mass is 10.2. The molecule has 0 amide bonds. The minimum Gasteiger partial charge on any atom is -0.245 e. The number of nitrogens with zero attached hydrogens (tertiary/aromatic N) is 3. The molecule has 18 heavy (non-hydrogen) atoms. The third-order valence-corrected chi connectivity index (χ3v) is 3.34. The normalized spacial score (nSPS) is 12.7. The summed E-state index contributed by atoms with van der Waals surface area (Å²) in [6, 6.07) is 5.65. The van der Waals surface area contributed by atoms with Gasteiger partial charge in [-0.05, 0) is 50.4 Å². The third-order valence-electron chi connectivity index (χ3n) is 2.14. The lowest BCUT2D eigenvalue weighted by Gasteiger charge is -2.12. The van der Waals surface area contributed by atoms with Gasteiger partial charge in [0.1, 0.15) is 6.33 Å². The molecule has 0 fully saturated rings. The van der Waals surface area contributed by atoms with Crippen molar-refractivity contribution in [3.63, 3.8) is 0 Å². The van der Waals surface area contributed by atoms with Crippen LogP contribution < -0.4 is 0 Å². The molecule has 0 saturated heterocycles. The van der Waals surface area contributed by atoms with Crippen molar-refractivity contribution >= 4 is 41.5 Å². The quantitative estimate of drug-likeness (QED) is 0.622. The van der Waals surface area contributed by atoms with E-state index in [2.05, 4.69) is 30.2 Å². The van der Waals surface area contributed by atoms with Crippen LogP contribution in [0.3, 0.4) is 0 Å². The predicted octanol–water partition coefficient (Wildman–Crippen LogP) is 4.28. The van der Waals surface area contributed by atoms with Gasteiger partial charge in [0, 0.05) is 11.0 Å². The van der Waals surface area contributed by atoms with E-state index in [1.54, 1.807) is 6.21 Å². The summed E-state index contributed by atoms with van der Waals surface area (Å²) in [5.74, 6) is 0. The predicted molar refractivity (Wildman–Crippen MR) is 78.8 cm³/mol. The first-order valence-corrected chi connectivity index (χ1v) is 6.92. The molecule has 6 heteroatoms. The summed E-state index contributed by atoms with van der Waals surface area (Å²) in [5.41, 5.74) is 2.50. The van der Waals surface area contributed by atoms with Crippen LogP contribution in [0.15, 0.2) is 28.9 Å². The van der Waals surface area contributed by atoms with E-state index in [1.165, 1.54) is 22.2 Å². The van der Waals surface area contributed by atoms with Crippen molar-refractivity contribution in [1.29, 1.82) is 0 Å². The Morgan fingerprint density at radius 2 is 2.17 bits per heavy atom. The molecule has 96 valence electrons. The zero-order valence-corrected chi connectivity index (χ0v) is 12.1. The van der Waals surface area contributed by atoms with Gasteiger partial charge in [0.25, 0.3) is 0 Å². The lowest BCUT2D eigenvalue weighted by molar-refractivity contribution is 0.804. The molecule has 0 saturated carbocycles. The monoisotopic (exact) mass is 283 g/mol. The molecule has 0 atom stereocenters. The molecular formula is C12H14FN3S2. The first-order chi connectivity index (χ1) is 8.49. The number of aromatic nitrogens is 2. The number of fused-ring (bicyclic) bond motifs is 1. The average Bonchev–Trinajstić information content (AvgIpc) is 2.69. The zero-order chi connectivity index (χ0) is 13.2. The van der Waals surface area contributed by atoms with Crippen LogP contribution in [0.25, 0.3) is 11.0 Å². The van der Waals surface area contributed by atoms with E-state index in [0.717, 1.165) is 16.6 Å². The van der Waals surface area contributed by atoms with Crippen LogP contribution in [0.4, 0.5) is 3.89 Å². The number of hydrogen-bond donors (Lipinski definition) is 0. The molecule has 1 aromatic heterocycles. The fourth-order valence-corrected chi connectivity index (χ4v) is 2.19. The topological polar surface area (TPSA) is 30.2 Å². The molecule has 1 aromatic carbocycles. The molecule has 0 N–H and O–H groups in total. The largest absolute Gasteiger partial charge is 0.245 e. The van der Waals surface area contributed by atoms with Gasteiger partial charge in [-0.2, -0.15) is 0 Å². The smallest absolute Gasteiger partial charge is 0.171 e. The summed E-state index contributed by atoms with van der Waals surface area (Å²) in [6.45, 7) is 6.33. The van der Waals surface area contributed by atoms with Crippen molar-refractivity contribution in [3.05, 3.63) is 30.1 Å². The van der Waals surface area contributed by atoms with Gasteiger partial charge in [-0.25, -0.2) is 13.4 Å². The van der Waals surface area contributed by atoms with Crippen molar-refractivity contribution in [3.8, 4) is 0 Å². The van der Waals surface area contributed by atoms with Gasteiger partial charge in [0.15, 0.2) is 12.3 Å². The number of imidazole rings is 1. The fraction of sp³-hybridized carbons (Fsp3) is 0.333. The molecule has 2 aromatic rings. The molecule has 0 aliphatic rings. The van der Waals surface area contributed by atoms with E-state index in [1.807, 2.05) is 18.2 Å². The second kappa shape index (κ2) is 5.32. The molecule has 0 aliphatic carbocycles. The number of halogens is 1. The summed E-state index contributed by atoms with van der Waals surface area (Å²) in [5, 5.41) is 0. The highest BCUT2D eigenvalue weighted by molar-refractivity contribution is 7.99. The Bertz CT molecular complexity index is 572. The Labute approximate surface area is 114 Å². The summed E-state index contributed by atoms with van der Waals surface area (Å²) in [6.07, 6.45) is 3.27. The van der Waals surface area contributed by atoms with Crippen molar-refractivity contribution in [2.45, 2.75) is 25.5 Å². The average molecular weight is 283 g/mol. The van der Waals surface area contributed by atoms with Gasteiger partial charge in [0.05, 0.1) is 11.0 Å². The Hall–Kier alpha value is -1.01. The van der Waals surface area contributed by atoms with E-state index >= 15 is 0 Å². The van der Waals surface area contributed by atoms with Crippen LogP contribution in [0.2, 0.25) is 0 Å². The molecule has 0 spiro atoms. The number of benzene rings is 1. The molecule has 0 radical (unpaired) electrons. The minimum atomic E-state index is 0.104. The van der Waals surface area contributed by atoms with Crippen molar-refractivity contribution in [1.82, 2.24) is 8.96 Å². The second-order valence-electron chi connectivity index (χ2n) is 4.83. The third kappa shape index (κ3) is 3.26. The van der Waals surface area contributed by atoms with Crippen LogP contribution in [0.5, 0.6) is 0 Å². The second-order valence-corrected chi connectivity index (χ2v) is 6.98. The maximum Gasteiger partial charge on any atom is 0.171 e. The van der Waals surface area contributed by atoms with E-state index in [4.69, 9.17) is 0 Å². The van der Waals surface area contributed by atoms with Crippen LogP contribution in [0, 0.1) is 0 Å². The molecular weight excluding hydrogens is 269 g/mol. The first-order valence-electron chi connectivity index (χ1n) is 5.47. The van der Waals surface area contributed by atoms with Gasteiger partial charge in [-0.1, -0.05) is 6.07 Å². The summed E-state index contributed by atoms with van der Waals surface area (Å²) < 4.78 is 18.4. The molecule has 0 aliphatic heterocycles. The van der Waals surface area contributed by atoms with Crippen molar-refractivity contribution in [2.24, 2.45) is 4.40 Å². The van der Waals surface area contributed by atoms with E-state index < -0.39 is 0 Å².